The number of furan rings is 1. The van der Waals surface area contributed by atoms with Crippen LogP contribution < -0.4 is 5.32 Å². The molecule has 22 heavy (non-hydrogen) atoms. The Kier molecular flexibility index (Phi) is 4.92. The summed E-state index contributed by atoms with van der Waals surface area (Å²) in [7, 11) is 0. The lowest BCUT2D eigenvalue weighted by molar-refractivity contribution is 0.0143. The molecule has 6 nitrogen and oxygen atoms in total. The third kappa shape index (κ3) is 3.76. The third-order valence-electron chi connectivity index (χ3n) is 3.65. The van der Waals surface area contributed by atoms with Crippen LogP contribution in [-0.4, -0.2) is 47.7 Å². The highest BCUT2D eigenvalue weighted by Gasteiger charge is 2.25. The van der Waals surface area contributed by atoms with E-state index in [0.717, 1.165) is 37.8 Å². The van der Waals surface area contributed by atoms with Gasteiger partial charge in [-0.2, -0.15) is 0 Å². The predicted octanol–water partition coefficient (Wildman–Crippen LogP) is 2.52. The first kappa shape index (κ1) is 15.3. The van der Waals surface area contributed by atoms with E-state index in [1.165, 1.54) is 0 Å². The van der Waals surface area contributed by atoms with Gasteiger partial charge in [0, 0.05) is 19.6 Å². The molecule has 2 aromatic rings. The molecule has 1 N–H and O–H groups in total. The second-order valence-electron chi connectivity index (χ2n) is 5.22. The number of aryl methyl sites for hydroxylation is 1. The lowest BCUT2D eigenvalue weighted by atomic mass is 10.1. The van der Waals surface area contributed by atoms with E-state index in [1.807, 2.05) is 19.1 Å². The van der Waals surface area contributed by atoms with Gasteiger partial charge in [0.2, 0.25) is 5.95 Å². The van der Waals surface area contributed by atoms with Crippen LogP contribution >= 0.6 is 11.6 Å². The smallest absolute Gasteiger partial charge is 0.222 e. The Morgan fingerprint density at radius 3 is 2.64 bits per heavy atom. The van der Waals surface area contributed by atoms with Gasteiger partial charge in [-0.25, -0.2) is 9.97 Å². The maximum absolute atomic E-state index is 5.82. The Morgan fingerprint density at radius 1 is 1.27 bits per heavy atom. The summed E-state index contributed by atoms with van der Waals surface area (Å²) in [5, 5.41) is 3.78. The highest BCUT2D eigenvalue weighted by Crippen LogP contribution is 2.24. The first-order valence-electron chi connectivity index (χ1n) is 7.32. The van der Waals surface area contributed by atoms with Crippen LogP contribution in [0.3, 0.4) is 0 Å². The average Bonchev–Trinajstić information content (AvgIpc) is 2.97. The zero-order valence-electron chi connectivity index (χ0n) is 12.5. The highest BCUT2D eigenvalue weighted by atomic mass is 35.5. The Bertz CT molecular complexity index is 596. The van der Waals surface area contributed by atoms with Gasteiger partial charge in [-0.15, -0.1) is 0 Å². The van der Waals surface area contributed by atoms with Crippen LogP contribution in [0.5, 0.6) is 0 Å². The van der Waals surface area contributed by atoms with Crippen LogP contribution in [0.2, 0.25) is 5.02 Å². The Hall–Kier alpha value is -1.63. The van der Waals surface area contributed by atoms with Crippen molar-refractivity contribution in [3.8, 4) is 0 Å². The summed E-state index contributed by atoms with van der Waals surface area (Å²) in [6.07, 6.45) is 3.16. The molecule has 1 atom stereocenters. The standard InChI is InChI=1S/C15H19ClN4O2/c1-11-2-3-14(22-11)13(20-4-6-21-7-5-20)10-19-15-17-8-12(16)9-18-15/h2-3,8-9,13H,4-7,10H2,1H3,(H,17,18,19)/t13-/m0/s1. The number of hydrogen-bond acceptors (Lipinski definition) is 6. The number of rotatable bonds is 5. The lowest BCUT2D eigenvalue weighted by Crippen LogP contribution is -2.41. The molecule has 118 valence electrons. The van der Waals surface area contributed by atoms with Crippen molar-refractivity contribution in [2.75, 3.05) is 38.2 Å². The molecule has 1 fully saturated rings. The van der Waals surface area contributed by atoms with E-state index in [9.17, 15) is 0 Å². The minimum atomic E-state index is 0.122. The Morgan fingerprint density at radius 2 is 2.00 bits per heavy atom. The number of anilines is 1. The second kappa shape index (κ2) is 7.09. The van der Waals surface area contributed by atoms with Gasteiger partial charge in [0.05, 0.1) is 36.7 Å². The molecule has 0 aromatic carbocycles. The Labute approximate surface area is 134 Å². The topological polar surface area (TPSA) is 63.4 Å². The van der Waals surface area contributed by atoms with Gasteiger partial charge in [0.25, 0.3) is 0 Å². The first-order valence-corrected chi connectivity index (χ1v) is 7.70. The molecule has 1 saturated heterocycles. The van der Waals surface area contributed by atoms with E-state index in [2.05, 4.69) is 20.2 Å². The SMILES string of the molecule is Cc1ccc([C@H](CNc2ncc(Cl)cn2)N2CCOCC2)o1. The number of morpholine rings is 1. The highest BCUT2D eigenvalue weighted by molar-refractivity contribution is 6.30. The summed E-state index contributed by atoms with van der Waals surface area (Å²) in [6.45, 7) is 5.87. The molecule has 3 rings (SSSR count). The summed E-state index contributed by atoms with van der Waals surface area (Å²) in [6, 6.07) is 4.14. The van der Waals surface area contributed by atoms with E-state index >= 15 is 0 Å². The van der Waals surface area contributed by atoms with Crippen molar-refractivity contribution < 1.29 is 9.15 Å². The zero-order valence-corrected chi connectivity index (χ0v) is 13.2. The molecule has 0 aliphatic carbocycles. The van der Waals surface area contributed by atoms with Gasteiger partial charge < -0.3 is 14.5 Å². The van der Waals surface area contributed by atoms with E-state index < -0.39 is 0 Å². The maximum atomic E-state index is 5.82. The molecular weight excluding hydrogens is 304 g/mol. The van der Waals surface area contributed by atoms with Gasteiger partial charge in [-0.05, 0) is 19.1 Å². The molecule has 0 bridgehead atoms. The van der Waals surface area contributed by atoms with Crippen molar-refractivity contribution in [2.45, 2.75) is 13.0 Å². The van der Waals surface area contributed by atoms with Crippen LogP contribution in [0.25, 0.3) is 0 Å². The van der Waals surface area contributed by atoms with Crippen molar-refractivity contribution in [2.24, 2.45) is 0 Å². The third-order valence-corrected chi connectivity index (χ3v) is 3.85. The van der Waals surface area contributed by atoms with Crippen LogP contribution in [-0.2, 0) is 4.74 Å². The number of aromatic nitrogens is 2. The van der Waals surface area contributed by atoms with Gasteiger partial charge in [-0.3, -0.25) is 4.90 Å². The van der Waals surface area contributed by atoms with Crippen LogP contribution in [0.1, 0.15) is 17.6 Å². The fraction of sp³-hybridized carbons (Fsp3) is 0.467. The molecule has 3 heterocycles. The lowest BCUT2D eigenvalue weighted by Gasteiger charge is -2.33. The van der Waals surface area contributed by atoms with E-state index in [1.54, 1.807) is 12.4 Å². The number of nitrogens with zero attached hydrogens (tertiary/aromatic N) is 3. The maximum Gasteiger partial charge on any atom is 0.222 e. The van der Waals surface area contributed by atoms with Crippen molar-refractivity contribution >= 4 is 17.5 Å². The number of ether oxygens (including phenoxy) is 1. The summed E-state index contributed by atoms with van der Waals surface area (Å²) < 4.78 is 11.3. The molecule has 2 aromatic heterocycles. The molecule has 1 aliphatic rings. The van der Waals surface area contributed by atoms with Gasteiger partial charge in [-0.1, -0.05) is 11.6 Å². The summed E-state index contributed by atoms with van der Waals surface area (Å²) in [4.78, 5) is 10.7. The first-order chi connectivity index (χ1) is 10.7. The van der Waals surface area contributed by atoms with Crippen molar-refractivity contribution in [1.29, 1.82) is 0 Å². The molecule has 7 heteroatoms. The molecule has 0 unspecified atom stereocenters. The normalized spacial score (nSPS) is 17.4. The van der Waals surface area contributed by atoms with Crippen molar-refractivity contribution in [3.63, 3.8) is 0 Å². The molecule has 0 spiro atoms. The molecule has 0 saturated carbocycles. The fourth-order valence-electron chi connectivity index (χ4n) is 2.52. The molecule has 0 radical (unpaired) electrons. The van der Waals surface area contributed by atoms with Crippen molar-refractivity contribution in [1.82, 2.24) is 14.9 Å². The molecular formula is C15H19ClN4O2. The quantitative estimate of drug-likeness (QED) is 0.912. The average molecular weight is 323 g/mol. The second-order valence-corrected chi connectivity index (χ2v) is 5.65. The van der Waals surface area contributed by atoms with E-state index in [-0.39, 0.29) is 6.04 Å². The van der Waals surface area contributed by atoms with Crippen LogP contribution in [0, 0.1) is 6.92 Å². The van der Waals surface area contributed by atoms with Crippen LogP contribution in [0.15, 0.2) is 28.9 Å². The summed E-state index contributed by atoms with van der Waals surface area (Å²) in [5.41, 5.74) is 0. The van der Waals surface area contributed by atoms with Gasteiger partial charge >= 0.3 is 0 Å². The van der Waals surface area contributed by atoms with Crippen LogP contribution in [0.4, 0.5) is 5.95 Å². The predicted molar refractivity (Wildman–Crippen MR) is 84.1 cm³/mol. The fourth-order valence-corrected chi connectivity index (χ4v) is 2.62. The molecule has 0 amide bonds. The molecule has 1 aliphatic heterocycles. The monoisotopic (exact) mass is 322 g/mol. The van der Waals surface area contributed by atoms with E-state index in [4.69, 9.17) is 20.8 Å². The number of nitrogens with one attached hydrogen (secondary N) is 1. The van der Waals surface area contributed by atoms with Crippen molar-refractivity contribution in [3.05, 3.63) is 41.1 Å². The Balaban J connectivity index is 1.71. The minimum absolute atomic E-state index is 0.122. The van der Waals surface area contributed by atoms with Gasteiger partial charge in [0.15, 0.2) is 0 Å². The van der Waals surface area contributed by atoms with E-state index in [0.29, 0.717) is 17.5 Å². The number of hydrogen-bond donors (Lipinski definition) is 1. The zero-order chi connectivity index (χ0) is 15.4. The largest absolute Gasteiger partial charge is 0.465 e. The van der Waals surface area contributed by atoms with Gasteiger partial charge in [0.1, 0.15) is 11.5 Å². The summed E-state index contributed by atoms with van der Waals surface area (Å²) in [5.74, 6) is 2.42. The number of halogens is 1. The summed E-state index contributed by atoms with van der Waals surface area (Å²) >= 11 is 5.80. The minimum Gasteiger partial charge on any atom is -0.465 e.